The second-order valence-electron chi connectivity index (χ2n) is 3.43. The van der Waals surface area contributed by atoms with Crippen LogP contribution < -0.4 is 5.73 Å². The summed E-state index contributed by atoms with van der Waals surface area (Å²) < 4.78 is 1.99. The minimum Gasteiger partial charge on any atom is -0.330 e. The Bertz CT molecular complexity index is 276. The van der Waals surface area contributed by atoms with E-state index in [4.69, 9.17) is 5.73 Å². The van der Waals surface area contributed by atoms with Crippen LogP contribution in [0.2, 0.25) is 0 Å². The van der Waals surface area contributed by atoms with Crippen LogP contribution in [0.25, 0.3) is 0 Å². The smallest absolute Gasteiger partial charge is 0.0669 e. The first kappa shape index (κ1) is 10.3. The van der Waals surface area contributed by atoms with Crippen molar-refractivity contribution in [3.05, 3.63) is 17.0 Å². The monoisotopic (exact) mass is 181 g/mol. The van der Waals surface area contributed by atoms with E-state index < -0.39 is 0 Å². The summed E-state index contributed by atoms with van der Waals surface area (Å²) >= 11 is 0. The first-order chi connectivity index (χ1) is 6.20. The first-order valence-electron chi connectivity index (χ1n) is 4.92. The van der Waals surface area contributed by atoms with Gasteiger partial charge in [-0.2, -0.15) is 5.10 Å². The van der Waals surface area contributed by atoms with Crippen LogP contribution in [-0.4, -0.2) is 16.3 Å². The van der Waals surface area contributed by atoms with E-state index in [2.05, 4.69) is 18.9 Å². The summed E-state index contributed by atoms with van der Waals surface area (Å²) in [7, 11) is 2.01. The van der Waals surface area contributed by atoms with Gasteiger partial charge < -0.3 is 5.73 Å². The Balaban J connectivity index is 2.92. The lowest BCUT2D eigenvalue weighted by Crippen LogP contribution is -2.04. The summed E-state index contributed by atoms with van der Waals surface area (Å²) in [6.07, 6.45) is 3.17. The maximum absolute atomic E-state index is 5.51. The molecule has 0 spiro atoms. The molecule has 0 unspecified atom stereocenters. The van der Waals surface area contributed by atoms with Crippen molar-refractivity contribution < 1.29 is 0 Å². The predicted octanol–water partition coefficient (Wildman–Crippen LogP) is 1.18. The van der Waals surface area contributed by atoms with Gasteiger partial charge in [0.2, 0.25) is 0 Å². The molecule has 1 aromatic rings. The topological polar surface area (TPSA) is 43.8 Å². The molecule has 0 saturated carbocycles. The second-order valence-corrected chi connectivity index (χ2v) is 3.43. The minimum atomic E-state index is 0.684. The van der Waals surface area contributed by atoms with Gasteiger partial charge in [0.05, 0.1) is 5.69 Å². The molecule has 0 aromatic carbocycles. The molecule has 2 N–H and O–H groups in total. The number of nitrogens with zero attached hydrogens (tertiary/aromatic N) is 2. The Morgan fingerprint density at radius 1 is 1.38 bits per heavy atom. The molecular weight excluding hydrogens is 162 g/mol. The number of nitrogens with two attached hydrogens (primary N) is 1. The molecule has 0 aliphatic carbocycles. The quantitative estimate of drug-likeness (QED) is 0.758. The van der Waals surface area contributed by atoms with Gasteiger partial charge in [-0.3, -0.25) is 4.68 Å². The molecule has 13 heavy (non-hydrogen) atoms. The first-order valence-corrected chi connectivity index (χ1v) is 4.92. The van der Waals surface area contributed by atoms with Gasteiger partial charge in [-0.05, 0) is 25.5 Å². The largest absolute Gasteiger partial charge is 0.330 e. The molecule has 1 rings (SSSR count). The standard InChI is InChI=1S/C10H19N3/c1-4-5-10-8(2)9(6-7-11)12-13(10)3/h4-7,11H2,1-3H3. The summed E-state index contributed by atoms with van der Waals surface area (Å²) in [6, 6.07) is 0. The van der Waals surface area contributed by atoms with Crippen LogP contribution in [-0.2, 0) is 19.9 Å². The third-order valence-corrected chi connectivity index (χ3v) is 2.40. The van der Waals surface area contributed by atoms with E-state index in [0.29, 0.717) is 6.54 Å². The molecule has 1 aromatic heterocycles. The Morgan fingerprint density at radius 2 is 2.08 bits per heavy atom. The fourth-order valence-electron chi connectivity index (χ4n) is 1.69. The molecule has 0 saturated heterocycles. The fourth-order valence-corrected chi connectivity index (χ4v) is 1.69. The van der Waals surface area contributed by atoms with Gasteiger partial charge in [0.1, 0.15) is 0 Å². The fraction of sp³-hybridized carbons (Fsp3) is 0.700. The molecule has 0 amide bonds. The second kappa shape index (κ2) is 4.42. The van der Waals surface area contributed by atoms with Crippen molar-refractivity contribution in [2.24, 2.45) is 12.8 Å². The maximum Gasteiger partial charge on any atom is 0.0669 e. The van der Waals surface area contributed by atoms with Crippen molar-refractivity contribution in [1.82, 2.24) is 9.78 Å². The lowest BCUT2D eigenvalue weighted by atomic mass is 10.1. The van der Waals surface area contributed by atoms with Gasteiger partial charge in [0.15, 0.2) is 0 Å². The van der Waals surface area contributed by atoms with Gasteiger partial charge in [0, 0.05) is 19.2 Å². The summed E-state index contributed by atoms with van der Waals surface area (Å²) in [5.41, 5.74) is 9.36. The third kappa shape index (κ3) is 2.10. The van der Waals surface area contributed by atoms with E-state index in [1.54, 1.807) is 0 Å². The number of aryl methyl sites for hydroxylation is 1. The number of aromatic nitrogens is 2. The molecule has 0 atom stereocenters. The Kier molecular flexibility index (Phi) is 3.48. The van der Waals surface area contributed by atoms with Crippen molar-refractivity contribution in [2.75, 3.05) is 6.54 Å². The zero-order valence-electron chi connectivity index (χ0n) is 8.80. The predicted molar refractivity (Wildman–Crippen MR) is 54.7 cm³/mol. The van der Waals surface area contributed by atoms with E-state index in [0.717, 1.165) is 18.5 Å². The lowest BCUT2D eigenvalue weighted by molar-refractivity contribution is 0.684. The molecule has 0 aliphatic rings. The molecule has 0 bridgehead atoms. The van der Waals surface area contributed by atoms with E-state index >= 15 is 0 Å². The normalized spacial score (nSPS) is 10.8. The van der Waals surface area contributed by atoms with Gasteiger partial charge in [0.25, 0.3) is 0 Å². The molecule has 1 heterocycles. The van der Waals surface area contributed by atoms with E-state index in [9.17, 15) is 0 Å². The molecule has 3 heteroatoms. The summed E-state index contributed by atoms with van der Waals surface area (Å²) in [4.78, 5) is 0. The SMILES string of the molecule is CCCc1c(C)c(CCN)nn1C. The van der Waals surface area contributed by atoms with E-state index in [1.165, 1.54) is 17.7 Å². The zero-order valence-corrected chi connectivity index (χ0v) is 8.80. The maximum atomic E-state index is 5.51. The highest BCUT2D eigenvalue weighted by molar-refractivity contribution is 5.25. The van der Waals surface area contributed by atoms with Crippen LogP contribution in [0, 0.1) is 6.92 Å². The van der Waals surface area contributed by atoms with Crippen LogP contribution in [0.15, 0.2) is 0 Å². The van der Waals surface area contributed by atoms with Crippen LogP contribution in [0.4, 0.5) is 0 Å². The lowest BCUT2D eigenvalue weighted by Gasteiger charge is -1.99. The van der Waals surface area contributed by atoms with E-state index in [1.807, 2.05) is 11.7 Å². The Labute approximate surface area is 79.9 Å². The van der Waals surface area contributed by atoms with Crippen molar-refractivity contribution in [2.45, 2.75) is 33.1 Å². The highest BCUT2D eigenvalue weighted by Gasteiger charge is 2.09. The third-order valence-electron chi connectivity index (χ3n) is 2.40. The average Bonchev–Trinajstić information content (AvgIpc) is 2.34. The zero-order chi connectivity index (χ0) is 9.84. The molecule has 0 fully saturated rings. The molecule has 0 aliphatic heterocycles. The Hall–Kier alpha value is -0.830. The number of hydrogen-bond acceptors (Lipinski definition) is 2. The Morgan fingerprint density at radius 3 is 2.62 bits per heavy atom. The van der Waals surface area contributed by atoms with Gasteiger partial charge in [-0.25, -0.2) is 0 Å². The van der Waals surface area contributed by atoms with Crippen LogP contribution in [0.5, 0.6) is 0 Å². The average molecular weight is 181 g/mol. The minimum absolute atomic E-state index is 0.684. The van der Waals surface area contributed by atoms with Crippen LogP contribution in [0.3, 0.4) is 0 Å². The number of rotatable bonds is 4. The molecule has 74 valence electrons. The highest BCUT2D eigenvalue weighted by atomic mass is 15.3. The summed E-state index contributed by atoms with van der Waals surface area (Å²) in [5, 5.41) is 4.46. The van der Waals surface area contributed by atoms with E-state index in [-0.39, 0.29) is 0 Å². The molecule has 3 nitrogen and oxygen atoms in total. The molecule has 0 radical (unpaired) electrons. The van der Waals surface area contributed by atoms with Crippen LogP contribution >= 0.6 is 0 Å². The summed E-state index contributed by atoms with van der Waals surface area (Å²) in [6.45, 7) is 5.02. The van der Waals surface area contributed by atoms with Gasteiger partial charge in [-0.15, -0.1) is 0 Å². The van der Waals surface area contributed by atoms with Crippen molar-refractivity contribution >= 4 is 0 Å². The highest BCUT2D eigenvalue weighted by Crippen LogP contribution is 2.14. The van der Waals surface area contributed by atoms with Gasteiger partial charge in [-0.1, -0.05) is 13.3 Å². The molecular formula is C10H19N3. The van der Waals surface area contributed by atoms with Crippen molar-refractivity contribution in [1.29, 1.82) is 0 Å². The van der Waals surface area contributed by atoms with Crippen LogP contribution in [0.1, 0.15) is 30.3 Å². The van der Waals surface area contributed by atoms with Crippen molar-refractivity contribution in [3.8, 4) is 0 Å². The van der Waals surface area contributed by atoms with Gasteiger partial charge >= 0.3 is 0 Å². The number of hydrogen-bond donors (Lipinski definition) is 1. The summed E-state index contributed by atoms with van der Waals surface area (Å²) in [5.74, 6) is 0. The van der Waals surface area contributed by atoms with Crippen molar-refractivity contribution in [3.63, 3.8) is 0 Å².